The van der Waals surface area contributed by atoms with Gasteiger partial charge in [-0.15, -0.1) is 0 Å². The molecule has 0 radical (unpaired) electrons. The van der Waals surface area contributed by atoms with E-state index in [1.54, 1.807) is 0 Å². The Balaban J connectivity index is 4.62. The Hall–Kier alpha value is -4.97. The van der Waals surface area contributed by atoms with E-state index in [1.807, 2.05) is 54.7 Å². The summed E-state index contributed by atoms with van der Waals surface area (Å²) >= 11 is 0. The molecule has 0 saturated heterocycles. The van der Waals surface area contributed by atoms with E-state index in [1.165, 1.54) is 0 Å². The van der Waals surface area contributed by atoms with Gasteiger partial charge in [-0.2, -0.15) is 0 Å². The first-order chi connectivity index (χ1) is 31.0. The lowest BCUT2D eigenvalue weighted by Gasteiger charge is -2.18. The Kier molecular flexibility index (Phi) is 45.8. The molecular weight excluding hydrogens is 781 g/mol. The van der Waals surface area contributed by atoms with E-state index in [9.17, 15) is 14.4 Å². The summed E-state index contributed by atoms with van der Waals surface area (Å²) in [6, 6.07) is 0. The zero-order valence-corrected chi connectivity index (χ0v) is 39.5. The van der Waals surface area contributed by atoms with E-state index in [-0.39, 0.29) is 44.0 Å². The van der Waals surface area contributed by atoms with Crippen LogP contribution in [0.5, 0.6) is 0 Å². The van der Waals surface area contributed by atoms with Gasteiger partial charge >= 0.3 is 17.9 Å². The van der Waals surface area contributed by atoms with Crippen molar-refractivity contribution in [2.24, 2.45) is 0 Å². The minimum atomic E-state index is -0.844. The van der Waals surface area contributed by atoms with Gasteiger partial charge < -0.3 is 14.2 Å². The van der Waals surface area contributed by atoms with E-state index in [0.29, 0.717) is 19.3 Å². The minimum Gasteiger partial charge on any atom is -0.462 e. The van der Waals surface area contributed by atoms with Gasteiger partial charge in [-0.3, -0.25) is 14.4 Å². The predicted molar refractivity (Wildman–Crippen MR) is 269 cm³/mol. The largest absolute Gasteiger partial charge is 0.462 e. The third kappa shape index (κ3) is 47.9. The highest BCUT2D eigenvalue weighted by molar-refractivity contribution is 5.71. The van der Waals surface area contributed by atoms with Crippen molar-refractivity contribution in [1.82, 2.24) is 0 Å². The Bertz CT molecular complexity index is 1510. The van der Waals surface area contributed by atoms with Gasteiger partial charge in [0.15, 0.2) is 6.10 Å². The normalized spacial score (nSPS) is 13.5. The smallest absolute Gasteiger partial charge is 0.306 e. The third-order valence-electron chi connectivity index (χ3n) is 9.18. The zero-order valence-electron chi connectivity index (χ0n) is 39.5. The quantitative estimate of drug-likeness (QED) is 0.0201. The molecule has 348 valence electrons. The maximum absolute atomic E-state index is 12.7. The molecule has 1 atom stereocenters. The number of rotatable bonds is 40. The number of ether oxygens (including phenoxy) is 3. The number of unbranched alkanes of at least 4 members (excludes halogenated alkanes) is 8. The molecule has 0 aliphatic heterocycles. The molecule has 0 aliphatic rings. The first kappa shape index (κ1) is 58.0. The van der Waals surface area contributed by atoms with Gasteiger partial charge in [0.1, 0.15) is 13.2 Å². The van der Waals surface area contributed by atoms with Crippen LogP contribution in [0.2, 0.25) is 0 Å². The lowest BCUT2D eigenvalue weighted by atomic mass is 10.1. The van der Waals surface area contributed by atoms with Gasteiger partial charge in [-0.1, -0.05) is 204 Å². The van der Waals surface area contributed by atoms with Crippen LogP contribution in [0.4, 0.5) is 0 Å². The number of hydrogen-bond acceptors (Lipinski definition) is 6. The SMILES string of the molecule is CC\C=C/C=C\C=C/C=C\CCCCCC(=O)OC(COC(=O)CC/C=C\C/C=C\C/C=C\C/C=C\C/C=C\C/C=C\CC)COC(=O)CCCCCCC\C=C/C=C\C=C/CC. The third-order valence-corrected chi connectivity index (χ3v) is 9.18. The molecule has 0 heterocycles. The molecule has 0 N–H and O–H groups in total. The molecule has 0 aliphatic carbocycles. The molecular formula is C57H84O6. The molecule has 6 heteroatoms. The van der Waals surface area contributed by atoms with Crippen molar-refractivity contribution in [2.75, 3.05) is 13.2 Å². The minimum absolute atomic E-state index is 0.136. The van der Waals surface area contributed by atoms with Gasteiger partial charge in [-0.05, 0) is 96.3 Å². The van der Waals surface area contributed by atoms with E-state index < -0.39 is 6.10 Å². The second-order valence-corrected chi connectivity index (χ2v) is 15.0. The van der Waals surface area contributed by atoms with Crippen molar-refractivity contribution < 1.29 is 28.6 Å². The fraction of sp³-hybridized carbons (Fsp3) is 0.491. The molecule has 0 aromatic carbocycles. The first-order valence-corrected chi connectivity index (χ1v) is 24.1. The van der Waals surface area contributed by atoms with E-state index in [2.05, 4.69) is 124 Å². The Morgan fingerprint density at radius 3 is 1.16 bits per heavy atom. The van der Waals surface area contributed by atoms with E-state index in [0.717, 1.165) is 109 Å². The molecule has 63 heavy (non-hydrogen) atoms. The van der Waals surface area contributed by atoms with Crippen molar-refractivity contribution in [3.05, 3.63) is 158 Å². The van der Waals surface area contributed by atoms with Crippen LogP contribution in [-0.4, -0.2) is 37.2 Å². The van der Waals surface area contributed by atoms with Crippen LogP contribution in [0.25, 0.3) is 0 Å². The van der Waals surface area contributed by atoms with Crippen LogP contribution in [0.1, 0.15) is 162 Å². The lowest BCUT2D eigenvalue weighted by Crippen LogP contribution is -2.30. The predicted octanol–water partition coefficient (Wildman–Crippen LogP) is 15.9. The van der Waals surface area contributed by atoms with Crippen molar-refractivity contribution in [1.29, 1.82) is 0 Å². The monoisotopic (exact) mass is 865 g/mol. The first-order valence-electron chi connectivity index (χ1n) is 24.1. The Labute approximate surface area is 384 Å². The molecule has 1 unspecified atom stereocenters. The topological polar surface area (TPSA) is 78.9 Å². The maximum Gasteiger partial charge on any atom is 0.306 e. The van der Waals surface area contributed by atoms with Gasteiger partial charge in [0.2, 0.25) is 0 Å². The van der Waals surface area contributed by atoms with Crippen LogP contribution in [-0.2, 0) is 28.6 Å². The number of hydrogen-bond donors (Lipinski definition) is 0. The highest BCUT2D eigenvalue weighted by Crippen LogP contribution is 2.11. The Morgan fingerprint density at radius 1 is 0.333 bits per heavy atom. The Morgan fingerprint density at radius 2 is 0.683 bits per heavy atom. The number of carbonyl (C=O) groups is 3. The lowest BCUT2D eigenvalue weighted by molar-refractivity contribution is -0.166. The zero-order chi connectivity index (χ0) is 45.8. The molecule has 0 aromatic rings. The number of esters is 3. The number of allylic oxidation sites excluding steroid dienone is 26. The molecule has 0 saturated carbocycles. The van der Waals surface area contributed by atoms with E-state index >= 15 is 0 Å². The van der Waals surface area contributed by atoms with Crippen molar-refractivity contribution >= 4 is 17.9 Å². The second-order valence-electron chi connectivity index (χ2n) is 15.0. The van der Waals surface area contributed by atoms with Gasteiger partial charge in [0, 0.05) is 19.3 Å². The summed E-state index contributed by atoms with van der Waals surface area (Å²) in [6.45, 7) is 6.09. The van der Waals surface area contributed by atoms with Gasteiger partial charge in [0.25, 0.3) is 0 Å². The molecule has 0 bridgehead atoms. The van der Waals surface area contributed by atoms with Gasteiger partial charge in [0.05, 0.1) is 0 Å². The molecule has 6 nitrogen and oxygen atoms in total. The van der Waals surface area contributed by atoms with E-state index in [4.69, 9.17) is 14.2 Å². The second kappa shape index (κ2) is 49.7. The molecule has 0 rings (SSSR count). The summed E-state index contributed by atoms with van der Waals surface area (Å²) in [5, 5.41) is 0. The fourth-order valence-electron chi connectivity index (χ4n) is 5.65. The van der Waals surface area contributed by atoms with Crippen molar-refractivity contribution in [3.8, 4) is 0 Å². The highest BCUT2D eigenvalue weighted by atomic mass is 16.6. The highest BCUT2D eigenvalue weighted by Gasteiger charge is 2.19. The van der Waals surface area contributed by atoms with Crippen molar-refractivity contribution in [3.63, 3.8) is 0 Å². The van der Waals surface area contributed by atoms with Crippen LogP contribution in [0.15, 0.2) is 158 Å². The molecule has 0 aromatic heterocycles. The van der Waals surface area contributed by atoms with Crippen LogP contribution in [0.3, 0.4) is 0 Å². The fourth-order valence-corrected chi connectivity index (χ4v) is 5.65. The molecule has 0 spiro atoms. The van der Waals surface area contributed by atoms with Crippen LogP contribution >= 0.6 is 0 Å². The maximum atomic E-state index is 12.7. The average Bonchev–Trinajstić information content (AvgIpc) is 3.28. The summed E-state index contributed by atoms with van der Waals surface area (Å²) in [4.78, 5) is 37.8. The summed E-state index contributed by atoms with van der Waals surface area (Å²) in [6.07, 6.45) is 72.4. The van der Waals surface area contributed by atoms with Crippen molar-refractivity contribution in [2.45, 2.75) is 168 Å². The summed E-state index contributed by atoms with van der Waals surface area (Å²) in [7, 11) is 0. The standard InChI is InChI=1S/C57H84O6/c1-4-7-10-13-16-19-22-25-26-27-28-29-30-33-35-38-41-44-47-50-56(59)62-53-54(63-57(60)51-48-45-42-39-36-32-24-21-18-15-12-9-6-3)52-61-55(58)49-46-43-40-37-34-31-23-20-17-14-11-8-5-2/h7-12,14-21,23-26,28-29,32-33,35-36,41,44,54H,4-6,13,22,27,30-31,34,37-40,42-43,45-53H2,1-3H3/b10-7-,11-8-,12-9-,17-14-,18-15-,19-16-,23-20-,24-21-,26-25-,29-28-,35-33-,36-32-,44-41-. The van der Waals surface area contributed by atoms with Gasteiger partial charge in [-0.25, -0.2) is 0 Å². The summed E-state index contributed by atoms with van der Waals surface area (Å²) in [5.41, 5.74) is 0. The van der Waals surface area contributed by atoms with Crippen LogP contribution in [0, 0.1) is 0 Å². The summed E-state index contributed by atoms with van der Waals surface area (Å²) in [5.74, 6) is -1.10. The molecule has 0 fully saturated rings. The number of carbonyl (C=O) groups excluding carboxylic acids is 3. The average molecular weight is 865 g/mol. The molecule has 0 amide bonds. The van der Waals surface area contributed by atoms with Crippen LogP contribution < -0.4 is 0 Å². The summed E-state index contributed by atoms with van der Waals surface area (Å²) < 4.78 is 16.6.